The molecule has 0 fully saturated rings. The summed E-state index contributed by atoms with van der Waals surface area (Å²) in [7, 11) is 0. The molecule has 0 aliphatic heterocycles. The van der Waals surface area contributed by atoms with Gasteiger partial charge in [0.2, 0.25) is 0 Å². The van der Waals surface area contributed by atoms with Crippen LogP contribution in [0.4, 0.5) is 0 Å². The molecule has 14 N–H and O–H groups in total. The summed E-state index contributed by atoms with van der Waals surface area (Å²) in [6, 6.07) is 0. The summed E-state index contributed by atoms with van der Waals surface area (Å²) in [6.45, 7) is 15.6. The standard InChI is InChI=1S/C6H14O3.C5H12O4.C5H12O3.3C4H6O2.C4H10O/c7-4-2-1-3-6(9)5-8;6-1-5(2-7,3-8)4-9;1-5(2-6,3-7)4-8;3*1-3(2)4(5)6;1-2-3-4-5/h6-9H,1-5H2;6-9H,1-4H2;6-8H,2-4H2,1H3;3*1H2,2H3,(H,5,6);5H,2-4H2,1H3. The minimum absolute atomic E-state index is 0.165. The van der Waals surface area contributed by atoms with Gasteiger partial charge in [-0.25, -0.2) is 14.4 Å². The average molecular weight is 723 g/mol. The Labute approximate surface area is 290 Å². The second-order valence-electron chi connectivity index (χ2n) is 10.8. The molecule has 1 unspecified atom stereocenters. The predicted molar refractivity (Wildman–Crippen MR) is 184 cm³/mol. The summed E-state index contributed by atoms with van der Waals surface area (Å²) >= 11 is 0. The summed E-state index contributed by atoms with van der Waals surface area (Å²) in [5.41, 5.74) is -1.29. The lowest BCUT2D eigenvalue weighted by Crippen LogP contribution is -2.37. The molecule has 17 nitrogen and oxygen atoms in total. The van der Waals surface area contributed by atoms with E-state index in [9.17, 15) is 14.4 Å². The second-order valence-corrected chi connectivity index (χ2v) is 10.8. The van der Waals surface area contributed by atoms with E-state index in [2.05, 4.69) is 26.7 Å². The van der Waals surface area contributed by atoms with Gasteiger partial charge >= 0.3 is 17.9 Å². The maximum absolute atomic E-state index is 9.60. The molecule has 49 heavy (non-hydrogen) atoms. The third-order valence-electron chi connectivity index (χ3n) is 5.25. The summed E-state index contributed by atoms with van der Waals surface area (Å²) in [5, 5.41) is 117. The first-order valence-corrected chi connectivity index (χ1v) is 15.0. The van der Waals surface area contributed by atoms with Crippen LogP contribution in [-0.4, -0.2) is 162 Å². The first-order valence-electron chi connectivity index (χ1n) is 15.0. The zero-order valence-electron chi connectivity index (χ0n) is 29.8. The van der Waals surface area contributed by atoms with E-state index in [4.69, 9.17) is 71.5 Å². The number of hydrogen-bond donors (Lipinski definition) is 14. The number of carbonyl (C=O) groups is 3. The Bertz CT molecular complexity index is 687. The normalized spacial score (nSPS) is 10.3. The first kappa shape index (κ1) is 61.4. The van der Waals surface area contributed by atoms with E-state index in [0.717, 1.165) is 19.3 Å². The van der Waals surface area contributed by atoms with Gasteiger partial charge in [-0.05, 0) is 46.5 Å². The van der Waals surface area contributed by atoms with Crippen LogP contribution in [0.2, 0.25) is 0 Å². The number of aliphatic hydroxyl groups excluding tert-OH is 11. The van der Waals surface area contributed by atoms with E-state index in [-0.39, 0.29) is 49.8 Å². The van der Waals surface area contributed by atoms with Crippen LogP contribution in [0.1, 0.15) is 66.7 Å². The summed E-state index contributed by atoms with van der Waals surface area (Å²) in [6.07, 6.45) is 3.50. The second kappa shape index (κ2) is 43.2. The number of aliphatic carboxylic acids is 3. The Morgan fingerprint density at radius 1 is 0.551 bits per heavy atom. The topological polar surface area (TPSA) is 334 Å². The van der Waals surface area contributed by atoms with Crippen LogP contribution >= 0.6 is 0 Å². The molecular formula is C32H66O17. The number of rotatable bonds is 17. The van der Waals surface area contributed by atoms with Crippen molar-refractivity contribution in [3.63, 3.8) is 0 Å². The van der Waals surface area contributed by atoms with Crippen LogP contribution in [0.5, 0.6) is 0 Å². The molecule has 0 aromatic carbocycles. The van der Waals surface area contributed by atoms with Crippen molar-refractivity contribution in [2.75, 3.05) is 66.1 Å². The maximum atomic E-state index is 9.60. The van der Waals surface area contributed by atoms with E-state index in [1.165, 1.54) is 20.8 Å². The van der Waals surface area contributed by atoms with Crippen LogP contribution in [0.25, 0.3) is 0 Å². The Kier molecular flexibility index (Phi) is 54.2. The van der Waals surface area contributed by atoms with Crippen molar-refractivity contribution < 1.29 is 85.9 Å². The number of carboxylic acids is 3. The van der Waals surface area contributed by atoms with Crippen LogP contribution < -0.4 is 0 Å². The van der Waals surface area contributed by atoms with E-state index >= 15 is 0 Å². The third kappa shape index (κ3) is 54.9. The molecule has 0 radical (unpaired) electrons. The molecular weight excluding hydrogens is 656 g/mol. The zero-order chi connectivity index (χ0) is 40.6. The lowest BCUT2D eigenvalue weighted by molar-refractivity contribution is -0.133. The number of aliphatic hydroxyl groups is 11. The van der Waals surface area contributed by atoms with Gasteiger partial charge in [0.25, 0.3) is 0 Å². The van der Waals surface area contributed by atoms with Crippen LogP contribution in [0.3, 0.4) is 0 Å². The predicted octanol–water partition coefficient (Wildman–Crippen LogP) is -0.866. The van der Waals surface area contributed by atoms with Gasteiger partial charge in [-0.2, -0.15) is 0 Å². The van der Waals surface area contributed by atoms with E-state index in [0.29, 0.717) is 19.4 Å². The van der Waals surface area contributed by atoms with Crippen molar-refractivity contribution in [3.8, 4) is 0 Å². The maximum Gasteiger partial charge on any atom is 0.330 e. The van der Waals surface area contributed by atoms with Gasteiger partial charge in [-0.15, -0.1) is 0 Å². The Morgan fingerprint density at radius 3 is 0.898 bits per heavy atom. The van der Waals surface area contributed by atoms with Gasteiger partial charge in [0, 0.05) is 35.3 Å². The van der Waals surface area contributed by atoms with Gasteiger partial charge in [0.05, 0.1) is 64.4 Å². The van der Waals surface area contributed by atoms with Gasteiger partial charge < -0.3 is 71.5 Å². The zero-order valence-corrected chi connectivity index (χ0v) is 29.8. The van der Waals surface area contributed by atoms with Crippen molar-refractivity contribution in [2.45, 2.75) is 72.8 Å². The van der Waals surface area contributed by atoms with Crippen molar-refractivity contribution in [3.05, 3.63) is 36.5 Å². The highest BCUT2D eigenvalue weighted by atomic mass is 16.4. The number of carboxylic acid groups (broad SMARTS) is 3. The number of hydrogen-bond acceptors (Lipinski definition) is 14. The van der Waals surface area contributed by atoms with Gasteiger partial charge in [0.15, 0.2) is 0 Å². The fourth-order valence-corrected chi connectivity index (χ4v) is 1.19. The molecule has 0 heterocycles. The molecule has 0 saturated heterocycles. The molecule has 17 heteroatoms. The molecule has 0 saturated carbocycles. The molecule has 0 rings (SSSR count). The molecule has 0 aliphatic rings. The lowest BCUT2D eigenvalue weighted by Gasteiger charge is -2.23. The van der Waals surface area contributed by atoms with Gasteiger partial charge in [0.1, 0.15) is 0 Å². The molecule has 0 spiro atoms. The first-order chi connectivity index (χ1) is 22.6. The van der Waals surface area contributed by atoms with Gasteiger partial charge in [-0.1, -0.05) is 40.0 Å². The highest BCUT2D eigenvalue weighted by Gasteiger charge is 2.26. The molecule has 0 aromatic rings. The molecule has 0 aliphatic carbocycles. The van der Waals surface area contributed by atoms with Crippen molar-refractivity contribution in [2.24, 2.45) is 10.8 Å². The van der Waals surface area contributed by atoms with Crippen LogP contribution in [-0.2, 0) is 14.4 Å². The van der Waals surface area contributed by atoms with Gasteiger partial charge in [-0.3, -0.25) is 0 Å². The molecule has 1 atom stereocenters. The molecule has 296 valence electrons. The summed E-state index contributed by atoms with van der Waals surface area (Å²) < 4.78 is 0. The summed E-state index contributed by atoms with van der Waals surface area (Å²) in [5.74, 6) is -2.81. The quantitative estimate of drug-likeness (QED) is 0.0641. The fraction of sp³-hybridized carbons (Fsp3) is 0.719. The minimum atomic E-state index is -1.11. The Hall–Kier alpha value is -2.81. The molecule has 0 bridgehead atoms. The van der Waals surface area contributed by atoms with Crippen LogP contribution in [0.15, 0.2) is 36.5 Å². The largest absolute Gasteiger partial charge is 0.478 e. The highest BCUT2D eigenvalue weighted by Crippen LogP contribution is 2.12. The number of unbranched alkanes of at least 4 members (excludes halogenated alkanes) is 2. The third-order valence-corrected chi connectivity index (χ3v) is 5.25. The van der Waals surface area contributed by atoms with E-state index in [1.54, 1.807) is 6.92 Å². The monoisotopic (exact) mass is 722 g/mol. The smallest absolute Gasteiger partial charge is 0.330 e. The average Bonchev–Trinajstić information content (AvgIpc) is 3.07. The van der Waals surface area contributed by atoms with Crippen LogP contribution in [0, 0.1) is 10.8 Å². The lowest BCUT2D eigenvalue weighted by atomic mass is 9.93. The van der Waals surface area contributed by atoms with Crippen molar-refractivity contribution in [1.29, 1.82) is 0 Å². The fourth-order valence-electron chi connectivity index (χ4n) is 1.19. The minimum Gasteiger partial charge on any atom is -0.478 e. The molecule has 0 amide bonds. The Morgan fingerprint density at radius 2 is 0.816 bits per heavy atom. The van der Waals surface area contributed by atoms with Crippen molar-refractivity contribution in [1.82, 2.24) is 0 Å². The summed E-state index contributed by atoms with van der Waals surface area (Å²) in [4.78, 5) is 28.8. The van der Waals surface area contributed by atoms with E-state index < -0.39 is 61.3 Å². The Balaban J connectivity index is -0.0000000849. The van der Waals surface area contributed by atoms with E-state index in [1.807, 2.05) is 0 Å². The SMILES string of the molecule is C=C(C)C(=O)O.C=C(C)C(=O)O.C=C(C)C(=O)O.CC(CO)(CO)CO.CCCCO.OCC(CO)(CO)CO.OCCCCC(O)CO. The highest BCUT2D eigenvalue weighted by molar-refractivity contribution is 5.85. The van der Waals surface area contributed by atoms with Crippen molar-refractivity contribution >= 4 is 17.9 Å². The molecule has 0 aromatic heterocycles.